The van der Waals surface area contributed by atoms with Crippen molar-refractivity contribution in [1.82, 2.24) is 19.7 Å². The number of aliphatic imine (C=N–C) groups is 1. The summed E-state index contributed by atoms with van der Waals surface area (Å²) < 4.78 is 2.91. The van der Waals surface area contributed by atoms with Crippen LogP contribution in [0.3, 0.4) is 0 Å². The first-order chi connectivity index (χ1) is 11.3. The van der Waals surface area contributed by atoms with Crippen LogP contribution in [0, 0.1) is 0 Å². The second-order valence-corrected chi connectivity index (χ2v) is 6.45. The maximum Gasteiger partial charge on any atom is 0.163 e. The van der Waals surface area contributed by atoms with Gasteiger partial charge in [0.2, 0.25) is 0 Å². The van der Waals surface area contributed by atoms with Crippen molar-refractivity contribution in [3.05, 3.63) is 52.0 Å². The third-order valence-corrected chi connectivity index (χ3v) is 4.60. The Kier molecular flexibility index (Phi) is 3.74. The molecule has 2 aliphatic heterocycles. The lowest BCUT2D eigenvalue weighted by atomic mass is 10.1. The van der Waals surface area contributed by atoms with Gasteiger partial charge in [0.05, 0.1) is 5.69 Å². The normalized spacial score (nSPS) is 16.6. The summed E-state index contributed by atoms with van der Waals surface area (Å²) in [5.74, 6) is 2.26. The number of benzene rings is 1. The fourth-order valence-corrected chi connectivity index (χ4v) is 3.41. The topological polar surface area (TPSA) is 66.5 Å². The maximum absolute atomic E-state index is 9.58. The summed E-state index contributed by atoms with van der Waals surface area (Å²) >= 11 is 3.56. The molecule has 0 amide bonds. The Balaban J connectivity index is 1.90. The van der Waals surface area contributed by atoms with E-state index in [1.165, 1.54) is 0 Å². The number of amidine groups is 1. The van der Waals surface area contributed by atoms with E-state index < -0.39 is 0 Å². The number of halogens is 1. The second-order valence-electron chi connectivity index (χ2n) is 5.53. The summed E-state index contributed by atoms with van der Waals surface area (Å²) in [4.78, 5) is 7.08. The average molecular weight is 374 g/mol. The van der Waals surface area contributed by atoms with Crippen molar-refractivity contribution < 1.29 is 5.11 Å². The van der Waals surface area contributed by atoms with Crippen LogP contribution in [-0.2, 0) is 13.2 Å². The highest BCUT2D eigenvalue weighted by Gasteiger charge is 2.25. The van der Waals surface area contributed by atoms with Gasteiger partial charge in [-0.3, -0.25) is 9.56 Å². The molecule has 0 aliphatic carbocycles. The summed E-state index contributed by atoms with van der Waals surface area (Å²) in [6, 6.07) is 6.08. The van der Waals surface area contributed by atoms with E-state index in [1.54, 1.807) is 0 Å². The molecule has 1 N–H and O–H groups in total. The van der Waals surface area contributed by atoms with Crippen molar-refractivity contribution in [3.8, 4) is 5.69 Å². The third-order valence-electron chi connectivity index (χ3n) is 4.11. The molecule has 0 saturated heterocycles. The fraction of sp³-hybridized carbons (Fsp3) is 0.312. The van der Waals surface area contributed by atoms with Crippen LogP contribution in [0.1, 0.15) is 23.6 Å². The minimum Gasteiger partial charge on any atom is -0.388 e. The number of aromatic nitrogens is 3. The van der Waals surface area contributed by atoms with Gasteiger partial charge in [0, 0.05) is 23.1 Å². The molecule has 0 atom stereocenters. The van der Waals surface area contributed by atoms with E-state index in [0.717, 1.165) is 46.9 Å². The number of fused-ring (bicyclic) bond motifs is 3. The van der Waals surface area contributed by atoms with Crippen molar-refractivity contribution in [1.29, 1.82) is 0 Å². The lowest BCUT2D eigenvalue weighted by Crippen LogP contribution is -2.35. The van der Waals surface area contributed by atoms with Crippen LogP contribution in [-0.4, -0.2) is 43.7 Å². The van der Waals surface area contributed by atoms with Crippen LogP contribution in [0.4, 0.5) is 0 Å². The molecule has 0 unspecified atom stereocenters. The van der Waals surface area contributed by atoms with Gasteiger partial charge in [-0.2, -0.15) is 0 Å². The number of hydrogen-bond donors (Lipinski definition) is 1. The van der Waals surface area contributed by atoms with Gasteiger partial charge in [-0.1, -0.05) is 28.1 Å². The summed E-state index contributed by atoms with van der Waals surface area (Å²) in [7, 11) is 0. The highest BCUT2D eigenvalue weighted by molar-refractivity contribution is 9.10. The fourth-order valence-electron chi connectivity index (χ4n) is 3.05. The Morgan fingerprint density at radius 3 is 2.91 bits per heavy atom. The van der Waals surface area contributed by atoms with Gasteiger partial charge in [-0.05, 0) is 24.6 Å². The van der Waals surface area contributed by atoms with Crippen LogP contribution in [0.2, 0.25) is 0 Å². The van der Waals surface area contributed by atoms with Crippen LogP contribution in [0.5, 0.6) is 0 Å². The van der Waals surface area contributed by atoms with Crippen LogP contribution < -0.4 is 0 Å². The zero-order valence-electron chi connectivity index (χ0n) is 12.5. The molecule has 2 aromatic rings. The van der Waals surface area contributed by atoms with E-state index >= 15 is 0 Å². The van der Waals surface area contributed by atoms with E-state index in [1.807, 2.05) is 16.7 Å². The van der Waals surface area contributed by atoms with Gasteiger partial charge in [0.1, 0.15) is 19.0 Å². The molecule has 118 valence electrons. The molecule has 2 aliphatic rings. The molecule has 23 heavy (non-hydrogen) atoms. The van der Waals surface area contributed by atoms with Crippen LogP contribution >= 0.6 is 15.9 Å². The zero-order valence-corrected chi connectivity index (χ0v) is 14.1. The minimum absolute atomic E-state index is 0.149. The molecule has 3 heterocycles. The van der Waals surface area contributed by atoms with Crippen molar-refractivity contribution >= 4 is 21.8 Å². The lowest BCUT2D eigenvalue weighted by Gasteiger charge is -2.27. The molecule has 6 nitrogen and oxygen atoms in total. The summed E-state index contributed by atoms with van der Waals surface area (Å²) in [6.45, 7) is 2.12. The standard InChI is InChI=1S/C16H16BrN5O/c17-11-4-5-13-12(8-11)16(21-6-2-1-3-7-21)18-9-14-19-20-15(10-23)22(13)14/h1-2,4-5,8,23H,3,6-7,9-10H2. The molecular weight excluding hydrogens is 358 g/mol. The molecule has 0 bridgehead atoms. The van der Waals surface area contributed by atoms with E-state index in [-0.39, 0.29) is 6.61 Å². The van der Waals surface area contributed by atoms with Gasteiger partial charge < -0.3 is 10.0 Å². The highest BCUT2D eigenvalue weighted by atomic mass is 79.9. The molecule has 7 heteroatoms. The lowest BCUT2D eigenvalue weighted by molar-refractivity contribution is 0.268. The van der Waals surface area contributed by atoms with Gasteiger partial charge in [0.15, 0.2) is 11.6 Å². The third kappa shape index (κ3) is 2.49. The first-order valence-electron chi connectivity index (χ1n) is 7.56. The number of aliphatic hydroxyl groups excluding tert-OH is 1. The molecule has 1 aromatic heterocycles. The molecule has 0 saturated carbocycles. The number of hydrogen-bond acceptors (Lipinski definition) is 5. The molecule has 0 spiro atoms. The summed E-state index contributed by atoms with van der Waals surface area (Å²) in [6.07, 6.45) is 5.40. The number of rotatable bonds is 1. The quantitative estimate of drug-likeness (QED) is 0.776. The van der Waals surface area contributed by atoms with Gasteiger partial charge in [-0.25, -0.2) is 0 Å². The van der Waals surface area contributed by atoms with E-state index in [4.69, 9.17) is 4.99 Å². The van der Waals surface area contributed by atoms with Gasteiger partial charge >= 0.3 is 0 Å². The van der Waals surface area contributed by atoms with Crippen LogP contribution in [0.15, 0.2) is 39.8 Å². The largest absolute Gasteiger partial charge is 0.388 e. The van der Waals surface area contributed by atoms with E-state index in [0.29, 0.717) is 12.4 Å². The van der Waals surface area contributed by atoms with Gasteiger partial charge in [-0.15, -0.1) is 10.2 Å². The Morgan fingerprint density at radius 2 is 2.13 bits per heavy atom. The van der Waals surface area contributed by atoms with Gasteiger partial charge in [0.25, 0.3) is 0 Å². The smallest absolute Gasteiger partial charge is 0.163 e. The minimum atomic E-state index is -0.149. The Labute approximate surface area is 142 Å². The van der Waals surface area contributed by atoms with E-state index in [2.05, 4.69) is 49.2 Å². The Morgan fingerprint density at radius 1 is 1.22 bits per heavy atom. The second kappa shape index (κ2) is 5.90. The van der Waals surface area contributed by atoms with Crippen LogP contribution in [0.25, 0.3) is 5.69 Å². The first kappa shape index (κ1) is 14.6. The average Bonchev–Trinajstić information content (AvgIpc) is 2.92. The van der Waals surface area contributed by atoms with Crippen molar-refractivity contribution in [3.63, 3.8) is 0 Å². The zero-order chi connectivity index (χ0) is 15.8. The van der Waals surface area contributed by atoms with Crippen molar-refractivity contribution in [2.75, 3.05) is 13.1 Å². The summed E-state index contributed by atoms with van der Waals surface area (Å²) in [5.41, 5.74) is 1.99. The predicted octanol–water partition coefficient (Wildman–Crippen LogP) is 2.04. The predicted molar refractivity (Wildman–Crippen MR) is 90.6 cm³/mol. The number of nitrogens with zero attached hydrogens (tertiary/aromatic N) is 5. The molecule has 0 fully saturated rings. The monoisotopic (exact) mass is 373 g/mol. The van der Waals surface area contributed by atoms with E-state index in [9.17, 15) is 5.11 Å². The Bertz CT molecular complexity index is 811. The molecule has 1 aromatic carbocycles. The summed E-state index contributed by atoms with van der Waals surface area (Å²) in [5, 5.41) is 17.8. The van der Waals surface area contributed by atoms with Crippen molar-refractivity contribution in [2.24, 2.45) is 4.99 Å². The molecule has 4 rings (SSSR count). The first-order valence-corrected chi connectivity index (χ1v) is 8.36. The number of aliphatic hydroxyl groups is 1. The maximum atomic E-state index is 9.58. The highest BCUT2D eigenvalue weighted by Crippen LogP contribution is 2.27. The molecular formula is C16H16BrN5O. The Hall–Kier alpha value is -1.99. The SMILES string of the molecule is OCc1nnc2n1-c1ccc(Br)cc1C(N1CC=CCC1)=NC2. The van der Waals surface area contributed by atoms with Crippen molar-refractivity contribution in [2.45, 2.75) is 19.6 Å². The molecule has 0 radical (unpaired) electrons.